The Balaban J connectivity index is 1.16. The molecular weight excluding hydrogens is 326 g/mol. The summed E-state index contributed by atoms with van der Waals surface area (Å²) in [6, 6.07) is 4.22. The Hall–Kier alpha value is -2.11. The molecule has 2 aromatic rings. The number of carbonyl (C=O) groups is 1. The van der Waals surface area contributed by atoms with E-state index in [2.05, 4.69) is 20.3 Å². The Bertz CT molecular complexity index is 796. The number of nitrogens with zero attached hydrogens (tertiary/aromatic N) is 4. The average Bonchev–Trinajstić information content (AvgIpc) is 3.10. The highest BCUT2D eigenvalue weighted by atomic mass is 16.2. The molecule has 1 saturated heterocycles. The second-order valence-electron chi connectivity index (χ2n) is 8.27. The van der Waals surface area contributed by atoms with E-state index in [0.29, 0.717) is 23.8 Å². The Morgan fingerprint density at radius 1 is 1.15 bits per heavy atom. The number of amides is 1. The lowest BCUT2D eigenvalue weighted by Crippen LogP contribution is -2.33. The Labute approximate surface area is 154 Å². The quantitative estimate of drug-likeness (QED) is 0.918. The van der Waals surface area contributed by atoms with Crippen molar-refractivity contribution in [2.24, 2.45) is 17.8 Å². The first-order valence-corrected chi connectivity index (χ1v) is 10.1. The molecule has 0 bridgehead atoms. The lowest BCUT2D eigenvalue weighted by Gasteiger charge is -2.22. The van der Waals surface area contributed by atoms with Gasteiger partial charge in [-0.3, -0.25) is 4.79 Å². The number of fused-ring (bicyclic) bond motifs is 1. The van der Waals surface area contributed by atoms with Crippen LogP contribution in [0.2, 0.25) is 0 Å². The van der Waals surface area contributed by atoms with E-state index in [4.69, 9.17) is 0 Å². The number of carbonyl (C=O) groups excluding carboxylic acids is 1. The molecule has 2 saturated carbocycles. The SMILES string of the molecule is O=C(C1CC1C1CCCCC1)N1CCC(Nc2ccc3nccn3n2)C1. The predicted molar refractivity (Wildman–Crippen MR) is 99.8 cm³/mol. The molecule has 138 valence electrons. The van der Waals surface area contributed by atoms with E-state index < -0.39 is 0 Å². The third kappa shape index (κ3) is 3.06. The van der Waals surface area contributed by atoms with Gasteiger partial charge in [0.25, 0.3) is 0 Å². The van der Waals surface area contributed by atoms with Crippen molar-refractivity contribution in [3.05, 3.63) is 24.5 Å². The summed E-state index contributed by atoms with van der Waals surface area (Å²) in [5.41, 5.74) is 0.848. The number of anilines is 1. The number of rotatable bonds is 4. The normalized spacial score (nSPS) is 29.2. The highest BCUT2D eigenvalue weighted by molar-refractivity contribution is 5.82. The highest BCUT2D eigenvalue weighted by Crippen LogP contribution is 2.50. The zero-order valence-corrected chi connectivity index (χ0v) is 15.2. The molecule has 1 aliphatic heterocycles. The van der Waals surface area contributed by atoms with Crippen LogP contribution in [0.15, 0.2) is 24.5 Å². The van der Waals surface area contributed by atoms with Gasteiger partial charge in [-0.15, -0.1) is 5.10 Å². The van der Waals surface area contributed by atoms with E-state index in [0.717, 1.165) is 43.3 Å². The molecule has 2 aliphatic carbocycles. The summed E-state index contributed by atoms with van der Waals surface area (Å²) < 4.78 is 1.78. The molecule has 0 aromatic carbocycles. The van der Waals surface area contributed by atoms with Gasteiger partial charge in [-0.25, -0.2) is 9.50 Å². The molecule has 3 aliphatic rings. The van der Waals surface area contributed by atoms with Crippen molar-refractivity contribution in [3.63, 3.8) is 0 Å². The van der Waals surface area contributed by atoms with E-state index in [9.17, 15) is 4.79 Å². The summed E-state index contributed by atoms with van der Waals surface area (Å²) in [7, 11) is 0. The van der Waals surface area contributed by atoms with Crippen LogP contribution in [0.3, 0.4) is 0 Å². The first-order valence-electron chi connectivity index (χ1n) is 10.1. The molecule has 2 aromatic heterocycles. The molecule has 3 atom stereocenters. The molecular formula is C20H27N5O. The van der Waals surface area contributed by atoms with Crippen molar-refractivity contribution in [1.82, 2.24) is 19.5 Å². The Morgan fingerprint density at radius 3 is 2.92 bits per heavy atom. The molecule has 6 nitrogen and oxygen atoms in total. The number of imidazole rings is 1. The zero-order valence-electron chi connectivity index (χ0n) is 15.2. The van der Waals surface area contributed by atoms with Gasteiger partial charge >= 0.3 is 0 Å². The van der Waals surface area contributed by atoms with Crippen LogP contribution < -0.4 is 5.32 Å². The number of hydrogen-bond donors (Lipinski definition) is 1. The Kier molecular flexibility index (Phi) is 4.06. The van der Waals surface area contributed by atoms with Crippen LogP contribution in [-0.2, 0) is 4.79 Å². The fraction of sp³-hybridized carbons (Fsp3) is 0.650. The largest absolute Gasteiger partial charge is 0.364 e. The average molecular weight is 353 g/mol. The lowest BCUT2D eigenvalue weighted by atomic mass is 9.85. The van der Waals surface area contributed by atoms with Crippen LogP contribution in [0.4, 0.5) is 5.82 Å². The van der Waals surface area contributed by atoms with Crippen LogP contribution in [0.25, 0.3) is 5.65 Å². The van der Waals surface area contributed by atoms with Gasteiger partial charge in [0.1, 0.15) is 5.82 Å². The standard InChI is InChI=1S/C20H27N5O/c26-20(17-12-16(17)14-4-2-1-3-5-14)24-10-8-15(13-24)22-18-6-7-19-21-9-11-25(19)23-18/h6-7,9,11,14-17H,1-5,8,10,12-13H2,(H,22,23). The molecule has 5 rings (SSSR count). The maximum Gasteiger partial charge on any atom is 0.226 e. The van der Waals surface area contributed by atoms with Crippen molar-refractivity contribution < 1.29 is 4.79 Å². The van der Waals surface area contributed by atoms with Crippen molar-refractivity contribution in [3.8, 4) is 0 Å². The lowest BCUT2D eigenvalue weighted by molar-refractivity contribution is -0.132. The smallest absolute Gasteiger partial charge is 0.226 e. The summed E-state index contributed by atoms with van der Waals surface area (Å²) >= 11 is 0. The van der Waals surface area contributed by atoms with Gasteiger partial charge in [-0.1, -0.05) is 32.1 Å². The summed E-state index contributed by atoms with van der Waals surface area (Å²) in [5.74, 6) is 3.07. The van der Waals surface area contributed by atoms with Gasteiger partial charge in [0.15, 0.2) is 5.65 Å². The first kappa shape index (κ1) is 16.1. The van der Waals surface area contributed by atoms with Crippen molar-refractivity contribution in [1.29, 1.82) is 0 Å². The summed E-state index contributed by atoms with van der Waals surface area (Å²) in [4.78, 5) is 19.2. The van der Waals surface area contributed by atoms with Gasteiger partial charge in [0.05, 0.1) is 0 Å². The molecule has 3 fully saturated rings. The van der Waals surface area contributed by atoms with Crippen LogP contribution in [0.1, 0.15) is 44.9 Å². The highest BCUT2D eigenvalue weighted by Gasteiger charge is 2.49. The number of aromatic nitrogens is 3. The van der Waals surface area contributed by atoms with Crippen LogP contribution in [0.5, 0.6) is 0 Å². The van der Waals surface area contributed by atoms with Crippen molar-refractivity contribution in [2.45, 2.75) is 51.0 Å². The summed E-state index contributed by atoms with van der Waals surface area (Å²) in [6.07, 6.45) is 12.6. The molecule has 6 heteroatoms. The second-order valence-corrected chi connectivity index (χ2v) is 8.27. The minimum absolute atomic E-state index is 0.291. The number of nitrogens with one attached hydrogen (secondary N) is 1. The third-order valence-electron chi connectivity index (χ3n) is 6.52. The van der Waals surface area contributed by atoms with Gasteiger partial charge in [0.2, 0.25) is 5.91 Å². The second kappa shape index (κ2) is 6.56. The molecule has 1 amide bonds. The topological polar surface area (TPSA) is 62.5 Å². The third-order valence-corrected chi connectivity index (χ3v) is 6.52. The van der Waals surface area contributed by atoms with Gasteiger partial charge in [-0.2, -0.15) is 0 Å². The Morgan fingerprint density at radius 2 is 2.04 bits per heavy atom. The molecule has 0 radical (unpaired) electrons. The van der Waals surface area contributed by atoms with E-state index >= 15 is 0 Å². The minimum Gasteiger partial charge on any atom is -0.364 e. The van der Waals surface area contributed by atoms with Crippen LogP contribution in [-0.4, -0.2) is 44.5 Å². The maximum absolute atomic E-state index is 12.9. The molecule has 26 heavy (non-hydrogen) atoms. The van der Waals surface area contributed by atoms with Crippen LogP contribution >= 0.6 is 0 Å². The van der Waals surface area contributed by atoms with Crippen LogP contribution in [0, 0.1) is 17.8 Å². The van der Waals surface area contributed by atoms with E-state index in [1.807, 2.05) is 18.3 Å². The van der Waals surface area contributed by atoms with Gasteiger partial charge in [-0.05, 0) is 36.8 Å². The molecule has 0 spiro atoms. The summed E-state index contributed by atoms with van der Waals surface area (Å²) in [5, 5.41) is 8.02. The van der Waals surface area contributed by atoms with Crippen molar-refractivity contribution >= 4 is 17.4 Å². The zero-order chi connectivity index (χ0) is 17.5. The minimum atomic E-state index is 0.291. The van der Waals surface area contributed by atoms with Crippen molar-refractivity contribution in [2.75, 3.05) is 18.4 Å². The molecule has 1 N–H and O–H groups in total. The van der Waals surface area contributed by atoms with Gasteiger partial charge < -0.3 is 10.2 Å². The number of likely N-dealkylation sites (tertiary alicyclic amines) is 1. The fourth-order valence-electron chi connectivity index (χ4n) is 5.00. The van der Waals surface area contributed by atoms with Gasteiger partial charge in [0, 0.05) is 37.4 Å². The molecule has 3 heterocycles. The predicted octanol–water partition coefficient (Wildman–Crippen LogP) is 2.96. The fourth-order valence-corrected chi connectivity index (χ4v) is 5.00. The van der Waals surface area contributed by atoms with E-state index in [1.54, 1.807) is 10.7 Å². The monoisotopic (exact) mass is 353 g/mol. The first-order chi connectivity index (χ1) is 12.8. The number of hydrogen-bond acceptors (Lipinski definition) is 4. The summed E-state index contributed by atoms with van der Waals surface area (Å²) in [6.45, 7) is 1.67. The van der Waals surface area contributed by atoms with E-state index in [1.165, 1.54) is 32.1 Å². The van der Waals surface area contributed by atoms with E-state index in [-0.39, 0.29) is 0 Å². The molecule has 3 unspecified atom stereocenters. The maximum atomic E-state index is 12.9.